The van der Waals surface area contributed by atoms with Crippen LogP contribution in [0.25, 0.3) is 0 Å². The highest BCUT2D eigenvalue weighted by Crippen LogP contribution is 2.22. The Bertz CT molecular complexity index is 628. The van der Waals surface area contributed by atoms with Crippen LogP contribution in [-0.4, -0.2) is 12.5 Å². The molecule has 0 heterocycles. The number of carbonyl (C=O) groups is 1. The molecule has 2 aromatic carbocycles. The number of hydrogen-bond donors (Lipinski definition) is 1. The van der Waals surface area contributed by atoms with Gasteiger partial charge in [-0.25, -0.2) is 0 Å². The molecule has 0 saturated carbocycles. The van der Waals surface area contributed by atoms with Gasteiger partial charge in [0.2, 0.25) is 0 Å². The summed E-state index contributed by atoms with van der Waals surface area (Å²) in [5.74, 6) is 0.508. The van der Waals surface area contributed by atoms with E-state index in [9.17, 15) is 4.79 Å². The Morgan fingerprint density at radius 2 is 1.95 bits per heavy atom. The Labute approximate surface area is 136 Å². The van der Waals surface area contributed by atoms with Gasteiger partial charge in [-0.1, -0.05) is 48.9 Å². The SMILES string of the molecule is CCc1cc(OCC(=O)N[C@@H](C)c2ccccc2)ccc1Cl. The molecule has 2 rings (SSSR count). The fourth-order valence-corrected chi connectivity index (χ4v) is 2.42. The van der Waals surface area contributed by atoms with Gasteiger partial charge < -0.3 is 10.1 Å². The molecule has 116 valence electrons. The summed E-state index contributed by atoms with van der Waals surface area (Å²) in [6.45, 7) is 3.96. The van der Waals surface area contributed by atoms with E-state index in [1.807, 2.05) is 50.2 Å². The van der Waals surface area contributed by atoms with Crippen molar-refractivity contribution in [1.29, 1.82) is 0 Å². The molecule has 1 N–H and O–H groups in total. The molecule has 0 aliphatic heterocycles. The molecule has 2 aromatic rings. The van der Waals surface area contributed by atoms with Gasteiger partial charge in [0.25, 0.3) is 5.91 Å². The van der Waals surface area contributed by atoms with Crippen LogP contribution in [-0.2, 0) is 11.2 Å². The van der Waals surface area contributed by atoms with Gasteiger partial charge in [0.05, 0.1) is 6.04 Å². The summed E-state index contributed by atoms with van der Waals surface area (Å²) in [5.41, 5.74) is 2.08. The lowest BCUT2D eigenvalue weighted by Gasteiger charge is -2.15. The molecule has 0 aromatic heterocycles. The van der Waals surface area contributed by atoms with Crippen LogP contribution in [0.3, 0.4) is 0 Å². The predicted molar refractivity (Wildman–Crippen MR) is 89.3 cm³/mol. The Morgan fingerprint density at radius 1 is 1.23 bits per heavy atom. The number of amides is 1. The zero-order chi connectivity index (χ0) is 15.9. The number of carbonyl (C=O) groups excluding carboxylic acids is 1. The van der Waals surface area contributed by atoms with Gasteiger partial charge in [-0.3, -0.25) is 4.79 Å². The van der Waals surface area contributed by atoms with E-state index >= 15 is 0 Å². The molecule has 4 heteroatoms. The van der Waals surface area contributed by atoms with E-state index in [0.29, 0.717) is 5.75 Å². The van der Waals surface area contributed by atoms with Crippen LogP contribution in [0.15, 0.2) is 48.5 Å². The zero-order valence-electron chi connectivity index (χ0n) is 12.8. The molecule has 22 heavy (non-hydrogen) atoms. The van der Waals surface area contributed by atoms with Crippen molar-refractivity contribution in [2.45, 2.75) is 26.3 Å². The summed E-state index contributed by atoms with van der Waals surface area (Å²) in [4.78, 5) is 12.0. The van der Waals surface area contributed by atoms with Gasteiger partial charge in [0, 0.05) is 5.02 Å². The molecule has 0 fully saturated rings. The van der Waals surface area contributed by atoms with Crippen molar-refractivity contribution >= 4 is 17.5 Å². The van der Waals surface area contributed by atoms with E-state index in [1.165, 1.54) is 0 Å². The standard InChI is InChI=1S/C18H20ClNO2/c1-3-14-11-16(9-10-17(14)19)22-12-18(21)20-13(2)15-7-5-4-6-8-15/h4-11,13H,3,12H2,1-2H3,(H,20,21)/t13-/m0/s1. The van der Waals surface area contributed by atoms with E-state index < -0.39 is 0 Å². The van der Waals surface area contributed by atoms with Crippen molar-refractivity contribution in [2.75, 3.05) is 6.61 Å². The third kappa shape index (κ3) is 4.50. The van der Waals surface area contributed by atoms with E-state index in [0.717, 1.165) is 22.6 Å². The van der Waals surface area contributed by atoms with Crippen LogP contribution in [0.4, 0.5) is 0 Å². The van der Waals surface area contributed by atoms with Crippen molar-refractivity contribution in [3.63, 3.8) is 0 Å². The zero-order valence-corrected chi connectivity index (χ0v) is 13.6. The van der Waals surface area contributed by atoms with Crippen LogP contribution in [0.1, 0.15) is 31.0 Å². The second kappa shape index (κ2) is 7.85. The summed E-state index contributed by atoms with van der Waals surface area (Å²) in [6.07, 6.45) is 0.827. The predicted octanol–water partition coefficient (Wildman–Crippen LogP) is 4.16. The molecular formula is C18H20ClNO2. The smallest absolute Gasteiger partial charge is 0.258 e. The summed E-state index contributed by atoms with van der Waals surface area (Å²) in [6, 6.07) is 15.2. The molecule has 0 aliphatic carbocycles. The van der Waals surface area contributed by atoms with Crippen molar-refractivity contribution in [3.8, 4) is 5.75 Å². The molecule has 1 amide bonds. The number of nitrogens with one attached hydrogen (secondary N) is 1. The molecule has 0 bridgehead atoms. The minimum Gasteiger partial charge on any atom is -0.484 e. The quantitative estimate of drug-likeness (QED) is 0.868. The minimum atomic E-state index is -0.149. The lowest BCUT2D eigenvalue weighted by Crippen LogP contribution is -2.31. The van der Waals surface area contributed by atoms with Crippen LogP contribution >= 0.6 is 11.6 Å². The number of aryl methyl sites for hydroxylation is 1. The maximum Gasteiger partial charge on any atom is 0.258 e. The lowest BCUT2D eigenvalue weighted by molar-refractivity contribution is -0.123. The van der Waals surface area contributed by atoms with Gasteiger partial charge in [0.1, 0.15) is 5.75 Å². The first kappa shape index (κ1) is 16.4. The van der Waals surface area contributed by atoms with E-state index in [1.54, 1.807) is 12.1 Å². The normalized spacial score (nSPS) is 11.8. The molecule has 1 atom stereocenters. The largest absolute Gasteiger partial charge is 0.484 e. The molecule has 0 aliphatic rings. The average molecular weight is 318 g/mol. The number of hydrogen-bond acceptors (Lipinski definition) is 2. The highest BCUT2D eigenvalue weighted by atomic mass is 35.5. The van der Waals surface area contributed by atoms with Crippen molar-refractivity contribution in [1.82, 2.24) is 5.32 Å². The first-order valence-electron chi connectivity index (χ1n) is 7.35. The van der Waals surface area contributed by atoms with Crippen molar-refractivity contribution in [3.05, 3.63) is 64.7 Å². The Kier molecular flexibility index (Phi) is 5.84. The van der Waals surface area contributed by atoms with E-state index in [4.69, 9.17) is 16.3 Å². The van der Waals surface area contributed by atoms with Crippen LogP contribution in [0, 0.1) is 0 Å². The fourth-order valence-electron chi connectivity index (χ4n) is 2.17. The number of ether oxygens (including phenoxy) is 1. The van der Waals surface area contributed by atoms with E-state index in [-0.39, 0.29) is 18.6 Å². The highest BCUT2D eigenvalue weighted by Gasteiger charge is 2.10. The van der Waals surface area contributed by atoms with Gasteiger partial charge in [-0.05, 0) is 42.7 Å². The average Bonchev–Trinajstić information content (AvgIpc) is 2.55. The molecule has 0 radical (unpaired) electrons. The highest BCUT2D eigenvalue weighted by molar-refractivity contribution is 6.31. The monoisotopic (exact) mass is 317 g/mol. The topological polar surface area (TPSA) is 38.3 Å². The third-order valence-electron chi connectivity index (χ3n) is 3.45. The second-order valence-corrected chi connectivity index (χ2v) is 5.50. The molecule has 0 unspecified atom stereocenters. The van der Waals surface area contributed by atoms with Crippen molar-refractivity contribution in [2.24, 2.45) is 0 Å². The number of rotatable bonds is 6. The first-order valence-corrected chi connectivity index (χ1v) is 7.73. The van der Waals surface area contributed by atoms with Crippen LogP contribution in [0.5, 0.6) is 5.75 Å². The maximum absolute atomic E-state index is 12.0. The molecule has 0 spiro atoms. The van der Waals surface area contributed by atoms with E-state index in [2.05, 4.69) is 5.32 Å². The van der Waals surface area contributed by atoms with Crippen LogP contribution < -0.4 is 10.1 Å². The minimum absolute atomic E-state index is 0.0119. The maximum atomic E-state index is 12.0. The summed E-state index contributed by atoms with van der Waals surface area (Å²) in [5, 5.41) is 3.64. The molecule has 3 nitrogen and oxygen atoms in total. The fraction of sp³-hybridized carbons (Fsp3) is 0.278. The van der Waals surface area contributed by atoms with Gasteiger partial charge in [0.15, 0.2) is 6.61 Å². The number of halogens is 1. The first-order chi connectivity index (χ1) is 10.6. The second-order valence-electron chi connectivity index (χ2n) is 5.10. The lowest BCUT2D eigenvalue weighted by atomic mass is 10.1. The Hall–Kier alpha value is -2.00. The molecule has 0 saturated heterocycles. The van der Waals surface area contributed by atoms with Gasteiger partial charge in [-0.2, -0.15) is 0 Å². The van der Waals surface area contributed by atoms with Gasteiger partial charge in [-0.15, -0.1) is 0 Å². The van der Waals surface area contributed by atoms with Gasteiger partial charge >= 0.3 is 0 Å². The van der Waals surface area contributed by atoms with Crippen LogP contribution in [0.2, 0.25) is 5.02 Å². The Balaban J connectivity index is 1.88. The summed E-state index contributed by atoms with van der Waals surface area (Å²) >= 11 is 6.06. The summed E-state index contributed by atoms with van der Waals surface area (Å²) < 4.78 is 5.53. The molecular weight excluding hydrogens is 298 g/mol. The Morgan fingerprint density at radius 3 is 2.64 bits per heavy atom. The number of benzene rings is 2. The third-order valence-corrected chi connectivity index (χ3v) is 3.81. The summed E-state index contributed by atoms with van der Waals surface area (Å²) in [7, 11) is 0. The van der Waals surface area contributed by atoms with Crippen molar-refractivity contribution < 1.29 is 9.53 Å².